The predicted octanol–water partition coefficient (Wildman–Crippen LogP) is 5.55. The van der Waals surface area contributed by atoms with E-state index < -0.39 is 23.9 Å². The Morgan fingerprint density at radius 1 is 1.09 bits per heavy atom. The number of carbonyl (C=O) groups is 1. The number of likely N-dealkylation sites (tertiary alicyclic amines) is 1. The zero-order valence-corrected chi connectivity index (χ0v) is 18.9. The highest BCUT2D eigenvalue weighted by Gasteiger charge is 2.41. The molecule has 2 aromatic carbocycles. The second-order valence-electron chi connectivity index (χ2n) is 8.33. The highest BCUT2D eigenvalue weighted by atomic mass is 19.4. The molecule has 1 aliphatic heterocycles. The number of amides is 1. The van der Waals surface area contributed by atoms with Crippen LogP contribution in [0.3, 0.4) is 0 Å². The van der Waals surface area contributed by atoms with Gasteiger partial charge in [0.1, 0.15) is 5.82 Å². The molecule has 4 rings (SSSR count). The molecule has 1 fully saturated rings. The molecular formula is C26H26F3N3O2. The predicted molar refractivity (Wildman–Crippen MR) is 123 cm³/mol. The molecule has 0 aliphatic carbocycles. The minimum atomic E-state index is -4.47. The Labute approximate surface area is 196 Å². The third kappa shape index (κ3) is 5.07. The molecule has 2 heterocycles. The average molecular weight is 470 g/mol. The number of carbonyl (C=O) groups excluding carboxylic acids is 1. The van der Waals surface area contributed by atoms with Crippen LogP contribution in [0, 0.1) is 6.92 Å². The number of ether oxygens (including phenoxy) is 1. The van der Waals surface area contributed by atoms with Crippen LogP contribution >= 0.6 is 0 Å². The van der Waals surface area contributed by atoms with Gasteiger partial charge in [-0.25, -0.2) is 4.98 Å². The molecule has 1 saturated heterocycles. The van der Waals surface area contributed by atoms with Crippen LogP contribution < -0.4 is 5.32 Å². The summed E-state index contributed by atoms with van der Waals surface area (Å²) in [6, 6.07) is 20.0. The molecule has 1 aliphatic rings. The Balaban J connectivity index is 1.66. The van der Waals surface area contributed by atoms with Gasteiger partial charge in [0, 0.05) is 19.3 Å². The fourth-order valence-electron chi connectivity index (χ4n) is 4.51. The lowest BCUT2D eigenvalue weighted by Gasteiger charge is -2.32. The Morgan fingerprint density at radius 3 is 2.35 bits per heavy atom. The smallest absolute Gasteiger partial charge is 0.367 e. The number of anilines is 1. The fourth-order valence-corrected chi connectivity index (χ4v) is 4.51. The third-order valence-electron chi connectivity index (χ3n) is 6.00. The number of hydrogen-bond donors (Lipinski definition) is 1. The Morgan fingerprint density at radius 2 is 1.74 bits per heavy atom. The molecular weight excluding hydrogens is 443 g/mol. The van der Waals surface area contributed by atoms with Crippen molar-refractivity contribution in [3.05, 3.63) is 95.2 Å². The van der Waals surface area contributed by atoms with Gasteiger partial charge >= 0.3 is 6.18 Å². The van der Waals surface area contributed by atoms with Gasteiger partial charge in [-0.2, -0.15) is 13.2 Å². The standard InChI is InChI=1S/C26H26F3N3O2/c1-17-15-20(26(27,28)29)16-22(30-17)31-21-13-14-32(23(21)18-9-5-3-6-10-18)25(33)24(34-2)19-11-7-4-8-12-19/h3-12,15-16,21,23-24H,13-14H2,1-2H3,(H,30,31)/t21?,23?,24-/m0/s1. The van der Waals surface area contributed by atoms with Gasteiger partial charge in [-0.1, -0.05) is 60.7 Å². The molecule has 1 amide bonds. The third-order valence-corrected chi connectivity index (χ3v) is 6.00. The molecule has 3 aromatic rings. The van der Waals surface area contributed by atoms with E-state index in [4.69, 9.17) is 4.74 Å². The lowest BCUT2D eigenvalue weighted by molar-refractivity contribution is -0.143. The number of methoxy groups -OCH3 is 1. The molecule has 34 heavy (non-hydrogen) atoms. The van der Waals surface area contributed by atoms with Gasteiger partial charge < -0.3 is 15.0 Å². The topological polar surface area (TPSA) is 54.5 Å². The van der Waals surface area contributed by atoms with Crippen LogP contribution in [0.2, 0.25) is 0 Å². The van der Waals surface area contributed by atoms with Gasteiger partial charge in [-0.15, -0.1) is 0 Å². The van der Waals surface area contributed by atoms with E-state index in [-0.39, 0.29) is 23.5 Å². The maximum absolute atomic E-state index is 13.6. The van der Waals surface area contributed by atoms with E-state index in [1.807, 2.05) is 60.7 Å². The van der Waals surface area contributed by atoms with Gasteiger partial charge in [-0.3, -0.25) is 4.79 Å². The first-order valence-electron chi connectivity index (χ1n) is 11.0. The molecule has 178 valence electrons. The summed E-state index contributed by atoms with van der Waals surface area (Å²) in [6.45, 7) is 1.96. The van der Waals surface area contributed by atoms with Crippen LogP contribution in [0.25, 0.3) is 0 Å². The van der Waals surface area contributed by atoms with Gasteiger partial charge in [0.25, 0.3) is 5.91 Å². The first-order chi connectivity index (χ1) is 16.3. The summed E-state index contributed by atoms with van der Waals surface area (Å²) in [5.74, 6) is -0.0565. The zero-order valence-electron chi connectivity index (χ0n) is 18.9. The number of benzene rings is 2. The van der Waals surface area contributed by atoms with Gasteiger partial charge in [0.15, 0.2) is 6.10 Å². The van der Waals surface area contributed by atoms with E-state index >= 15 is 0 Å². The minimum absolute atomic E-state index is 0.138. The van der Waals surface area contributed by atoms with Gasteiger partial charge in [0.2, 0.25) is 0 Å². The number of nitrogens with one attached hydrogen (secondary N) is 1. The van der Waals surface area contributed by atoms with Crippen molar-refractivity contribution in [2.24, 2.45) is 0 Å². The summed E-state index contributed by atoms with van der Waals surface area (Å²) in [5.41, 5.74) is 1.14. The second kappa shape index (κ2) is 9.85. The Bertz CT molecular complexity index is 1120. The summed E-state index contributed by atoms with van der Waals surface area (Å²) >= 11 is 0. The quantitative estimate of drug-likeness (QED) is 0.514. The molecule has 3 atom stereocenters. The Hall–Kier alpha value is -3.39. The van der Waals surface area contributed by atoms with E-state index in [9.17, 15) is 18.0 Å². The molecule has 0 saturated carbocycles. The Kier molecular flexibility index (Phi) is 6.88. The summed E-state index contributed by atoms with van der Waals surface area (Å²) < 4.78 is 45.6. The largest absolute Gasteiger partial charge is 0.416 e. The van der Waals surface area contributed by atoms with Crippen LogP contribution in [0.15, 0.2) is 72.8 Å². The monoisotopic (exact) mass is 469 g/mol. The first kappa shape index (κ1) is 23.8. The lowest BCUT2D eigenvalue weighted by Crippen LogP contribution is -2.39. The molecule has 5 nitrogen and oxygen atoms in total. The van der Waals surface area contributed by atoms with Crippen molar-refractivity contribution in [1.82, 2.24) is 9.88 Å². The summed E-state index contributed by atoms with van der Waals surface area (Å²) in [5, 5.41) is 3.18. The summed E-state index contributed by atoms with van der Waals surface area (Å²) in [4.78, 5) is 19.6. The average Bonchev–Trinajstić information content (AvgIpc) is 3.23. The molecule has 8 heteroatoms. The number of nitrogens with zero attached hydrogens (tertiary/aromatic N) is 2. The zero-order chi connectivity index (χ0) is 24.3. The van der Waals surface area contributed by atoms with Crippen LogP contribution in [0.1, 0.15) is 41.0 Å². The number of aromatic nitrogens is 1. The molecule has 0 bridgehead atoms. The number of alkyl halides is 3. The van der Waals surface area contributed by atoms with Crippen molar-refractivity contribution in [1.29, 1.82) is 0 Å². The summed E-state index contributed by atoms with van der Waals surface area (Å²) in [7, 11) is 1.49. The lowest BCUT2D eigenvalue weighted by atomic mass is 9.99. The highest BCUT2D eigenvalue weighted by Crippen LogP contribution is 2.38. The van der Waals surface area contributed by atoms with Crippen LogP contribution in [-0.2, 0) is 15.7 Å². The van der Waals surface area contributed by atoms with Crippen molar-refractivity contribution in [3.63, 3.8) is 0 Å². The molecule has 0 spiro atoms. The van der Waals surface area contributed by atoms with Crippen molar-refractivity contribution < 1.29 is 22.7 Å². The number of halogens is 3. The fraction of sp³-hybridized carbons (Fsp3) is 0.308. The maximum Gasteiger partial charge on any atom is 0.416 e. The van der Waals surface area contributed by atoms with E-state index in [0.717, 1.165) is 23.3 Å². The van der Waals surface area contributed by atoms with Crippen molar-refractivity contribution in [2.45, 2.75) is 37.7 Å². The molecule has 2 unspecified atom stereocenters. The number of pyridine rings is 1. The minimum Gasteiger partial charge on any atom is -0.367 e. The number of rotatable bonds is 6. The highest BCUT2D eigenvalue weighted by molar-refractivity contribution is 5.83. The SMILES string of the molecule is CO[C@H](C(=O)N1CCC(Nc2cc(C(F)(F)F)cc(C)n2)C1c1ccccc1)c1ccccc1. The van der Waals surface area contributed by atoms with Crippen molar-refractivity contribution in [2.75, 3.05) is 19.0 Å². The van der Waals surface area contributed by atoms with E-state index in [0.29, 0.717) is 13.0 Å². The van der Waals surface area contributed by atoms with E-state index in [1.54, 1.807) is 4.90 Å². The number of hydrogen-bond acceptors (Lipinski definition) is 4. The molecule has 0 radical (unpaired) electrons. The first-order valence-corrected chi connectivity index (χ1v) is 11.0. The number of aryl methyl sites for hydroxylation is 1. The van der Waals surface area contributed by atoms with Crippen LogP contribution in [-0.4, -0.2) is 35.5 Å². The van der Waals surface area contributed by atoms with E-state index in [2.05, 4.69) is 10.3 Å². The van der Waals surface area contributed by atoms with Gasteiger partial charge in [0.05, 0.1) is 17.6 Å². The van der Waals surface area contributed by atoms with Crippen LogP contribution in [0.5, 0.6) is 0 Å². The van der Waals surface area contributed by atoms with E-state index in [1.165, 1.54) is 14.0 Å². The van der Waals surface area contributed by atoms with Gasteiger partial charge in [-0.05, 0) is 36.6 Å². The van der Waals surface area contributed by atoms with Crippen molar-refractivity contribution in [3.8, 4) is 0 Å². The molecule has 1 aromatic heterocycles. The normalized spacial score (nSPS) is 19.1. The van der Waals surface area contributed by atoms with Crippen LogP contribution in [0.4, 0.5) is 19.0 Å². The maximum atomic E-state index is 13.6. The summed E-state index contributed by atoms with van der Waals surface area (Å²) in [6.07, 6.45) is -4.70. The van der Waals surface area contributed by atoms with Crippen molar-refractivity contribution >= 4 is 11.7 Å². The second-order valence-corrected chi connectivity index (χ2v) is 8.33. The molecule has 1 N–H and O–H groups in total.